The van der Waals surface area contributed by atoms with Crippen molar-refractivity contribution in [2.75, 3.05) is 13.2 Å². The van der Waals surface area contributed by atoms with E-state index in [0.717, 1.165) is 19.3 Å². The first kappa shape index (κ1) is 17.8. The lowest BCUT2D eigenvalue weighted by Gasteiger charge is -2.39. The fourth-order valence-electron chi connectivity index (χ4n) is 2.29. The van der Waals surface area contributed by atoms with E-state index in [1.54, 1.807) is 0 Å². The second kappa shape index (κ2) is 9.65. The maximum absolute atomic E-state index is 9.75. The lowest BCUT2D eigenvalue weighted by Crippen LogP contribution is -2.59. The average Bonchev–Trinajstić information content (AvgIpc) is 2.46. The summed E-state index contributed by atoms with van der Waals surface area (Å²) in [5, 5.41) is 38.0. The second-order valence-electron chi connectivity index (χ2n) is 5.34. The smallest absolute Gasteiger partial charge is 0.186 e. The molecule has 4 N–H and O–H groups in total. The van der Waals surface area contributed by atoms with Gasteiger partial charge in [-0.25, -0.2) is 0 Å². The first-order chi connectivity index (χ1) is 9.61. The van der Waals surface area contributed by atoms with Gasteiger partial charge in [-0.2, -0.15) is 0 Å². The summed E-state index contributed by atoms with van der Waals surface area (Å²) in [5.74, 6) is 0. The highest BCUT2D eigenvalue weighted by atomic mass is 16.7. The summed E-state index contributed by atoms with van der Waals surface area (Å²) in [4.78, 5) is 0. The van der Waals surface area contributed by atoms with E-state index in [1.165, 1.54) is 19.3 Å². The van der Waals surface area contributed by atoms with Crippen LogP contribution in [0.4, 0.5) is 0 Å². The molecule has 1 heterocycles. The van der Waals surface area contributed by atoms with Gasteiger partial charge in [-0.05, 0) is 6.42 Å². The summed E-state index contributed by atoms with van der Waals surface area (Å²) >= 11 is 0. The third-order valence-corrected chi connectivity index (χ3v) is 3.63. The maximum Gasteiger partial charge on any atom is 0.186 e. The van der Waals surface area contributed by atoms with Gasteiger partial charge in [0.2, 0.25) is 0 Å². The van der Waals surface area contributed by atoms with Gasteiger partial charge >= 0.3 is 0 Å². The van der Waals surface area contributed by atoms with E-state index in [9.17, 15) is 15.3 Å². The molecule has 1 aliphatic rings. The van der Waals surface area contributed by atoms with E-state index in [-0.39, 0.29) is 0 Å². The monoisotopic (exact) mass is 292 g/mol. The van der Waals surface area contributed by atoms with E-state index in [0.29, 0.717) is 6.61 Å². The van der Waals surface area contributed by atoms with Gasteiger partial charge in [0.1, 0.15) is 24.4 Å². The molecule has 0 saturated carbocycles. The Morgan fingerprint density at radius 3 is 2.20 bits per heavy atom. The van der Waals surface area contributed by atoms with E-state index in [2.05, 4.69) is 6.92 Å². The van der Waals surface area contributed by atoms with Crippen molar-refractivity contribution >= 4 is 0 Å². The third kappa shape index (κ3) is 5.27. The summed E-state index contributed by atoms with van der Waals surface area (Å²) in [5.41, 5.74) is 0. The highest BCUT2D eigenvalue weighted by molar-refractivity contribution is 4.88. The number of aliphatic hydroxyl groups excluding tert-OH is 4. The van der Waals surface area contributed by atoms with Gasteiger partial charge in [0, 0.05) is 6.61 Å². The Labute approximate surface area is 120 Å². The van der Waals surface area contributed by atoms with Crippen LogP contribution in [0.3, 0.4) is 0 Å². The van der Waals surface area contributed by atoms with Crippen molar-refractivity contribution in [2.24, 2.45) is 0 Å². The Balaban J connectivity index is 2.21. The minimum Gasteiger partial charge on any atom is -0.394 e. The minimum absolute atomic E-state index is 0.425. The Bertz CT molecular complexity index is 248. The quantitative estimate of drug-likeness (QED) is 0.452. The van der Waals surface area contributed by atoms with Crippen LogP contribution in [0.2, 0.25) is 0 Å². The molecule has 20 heavy (non-hydrogen) atoms. The molecule has 6 heteroatoms. The maximum atomic E-state index is 9.75. The normalized spacial score (nSPS) is 34.4. The van der Waals surface area contributed by atoms with Crippen molar-refractivity contribution in [3.8, 4) is 0 Å². The van der Waals surface area contributed by atoms with Crippen LogP contribution < -0.4 is 0 Å². The number of aliphatic hydroxyl groups is 4. The lowest BCUT2D eigenvalue weighted by molar-refractivity contribution is -0.301. The van der Waals surface area contributed by atoms with E-state index in [4.69, 9.17) is 14.6 Å². The Kier molecular flexibility index (Phi) is 8.60. The van der Waals surface area contributed by atoms with E-state index in [1.807, 2.05) is 0 Å². The molecule has 0 bridgehead atoms. The molecule has 1 fully saturated rings. The van der Waals surface area contributed by atoms with Crippen LogP contribution in [-0.4, -0.2) is 64.3 Å². The van der Waals surface area contributed by atoms with Crippen molar-refractivity contribution in [3.05, 3.63) is 0 Å². The minimum atomic E-state index is -1.37. The Hall–Kier alpha value is -0.240. The van der Waals surface area contributed by atoms with Crippen molar-refractivity contribution in [1.29, 1.82) is 0 Å². The molecule has 6 nitrogen and oxygen atoms in total. The van der Waals surface area contributed by atoms with Crippen LogP contribution in [0.15, 0.2) is 0 Å². The summed E-state index contributed by atoms with van der Waals surface area (Å²) in [6.07, 6.45) is 0.851. The molecule has 0 aromatic heterocycles. The Morgan fingerprint density at radius 1 is 0.900 bits per heavy atom. The van der Waals surface area contributed by atoms with Gasteiger partial charge in [0.15, 0.2) is 6.29 Å². The van der Waals surface area contributed by atoms with Gasteiger partial charge in [-0.3, -0.25) is 0 Å². The molecule has 0 unspecified atom stereocenters. The van der Waals surface area contributed by atoms with Crippen molar-refractivity contribution in [3.63, 3.8) is 0 Å². The fraction of sp³-hybridized carbons (Fsp3) is 1.00. The molecular weight excluding hydrogens is 264 g/mol. The molecule has 1 saturated heterocycles. The highest BCUT2D eigenvalue weighted by Crippen LogP contribution is 2.22. The summed E-state index contributed by atoms with van der Waals surface area (Å²) in [6.45, 7) is 2.17. The van der Waals surface area contributed by atoms with Crippen LogP contribution >= 0.6 is 0 Å². The standard InChI is InChI=1S/C14H28O6/c1-2-3-4-5-6-7-8-19-14-13(18)12(17)11(16)10(9-15)20-14/h10-18H,2-9H2,1H3/t10-,11-,12+,13-,14+/m0/s1. The average molecular weight is 292 g/mol. The van der Waals surface area contributed by atoms with Crippen molar-refractivity contribution < 1.29 is 29.9 Å². The molecule has 0 spiro atoms. The number of hydrogen-bond donors (Lipinski definition) is 4. The summed E-state index contributed by atoms with van der Waals surface area (Å²) < 4.78 is 10.6. The van der Waals surface area contributed by atoms with Crippen LogP contribution in [-0.2, 0) is 9.47 Å². The number of unbranched alkanes of at least 4 members (excludes halogenated alkanes) is 5. The van der Waals surface area contributed by atoms with Crippen LogP contribution in [0.1, 0.15) is 45.4 Å². The first-order valence-electron chi connectivity index (χ1n) is 7.54. The van der Waals surface area contributed by atoms with Crippen LogP contribution in [0.25, 0.3) is 0 Å². The molecule has 1 rings (SSSR count). The molecular formula is C14H28O6. The van der Waals surface area contributed by atoms with Crippen molar-refractivity contribution in [1.82, 2.24) is 0 Å². The lowest BCUT2D eigenvalue weighted by atomic mass is 9.99. The molecule has 0 amide bonds. The topological polar surface area (TPSA) is 99.4 Å². The Morgan fingerprint density at radius 2 is 1.55 bits per heavy atom. The molecule has 0 aromatic carbocycles. The zero-order chi connectivity index (χ0) is 15.0. The SMILES string of the molecule is CCCCCCCCO[C@@H]1O[C@@H](CO)[C@H](O)[C@@H](O)[C@@H]1O. The van der Waals surface area contributed by atoms with Gasteiger partial charge in [-0.1, -0.05) is 39.0 Å². The molecule has 1 aliphatic heterocycles. The van der Waals surface area contributed by atoms with Crippen LogP contribution in [0.5, 0.6) is 0 Å². The van der Waals surface area contributed by atoms with E-state index >= 15 is 0 Å². The molecule has 5 atom stereocenters. The predicted octanol–water partition coefficient (Wildman–Crippen LogP) is 0.163. The summed E-state index contributed by atoms with van der Waals surface area (Å²) in [6, 6.07) is 0. The van der Waals surface area contributed by atoms with Gasteiger partial charge in [0.25, 0.3) is 0 Å². The van der Waals surface area contributed by atoms with Gasteiger partial charge in [0.05, 0.1) is 6.61 Å². The van der Waals surface area contributed by atoms with Crippen LogP contribution in [0, 0.1) is 0 Å². The number of ether oxygens (including phenoxy) is 2. The fourth-order valence-corrected chi connectivity index (χ4v) is 2.29. The van der Waals surface area contributed by atoms with Gasteiger partial charge < -0.3 is 29.9 Å². The molecule has 0 radical (unpaired) electrons. The highest BCUT2D eigenvalue weighted by Gasteiger charge is 2.43. The van der Waals surface area contributed by atoms with E-state index < -0.39 is 37.3 Å². The second-order valence-corrected chi connectivity index (χ2v) is 5.34. The van der Waals surface area contributed by atoms with Gasteiger partial charge in [-0.15, -0.1) is 0 Å². The zero-order valence-corrected chi connectivity index (χ0v) is 12.1. The third-order valence-electron chi connectivity index (χ3n) is 3.63. The molecule has 0 aliphatic carbocycles. The predicted molar refractivity (Wildman–Crippen MR) is 73.1 cm³/mol. The zero-order valence-electron chi connectivity index (χ0n) is 12.1. The molecule has 120 valence electrons. The number of rotatable bonds is 9. The number of hydrogen-bond acceptors (Lipinski definition) is 6. The molecule has 0 aromatic rings. The largest absolute Gasteiger partial charge is 0.394 e. The summed E-state index contributed by atoms with van der Waals surface area (Å²) in [7, 11) is 0. The van der Waals surface area contributed by atoms with Crippen molar-refractivity contribution in [2.45, 2.75) is 76.2 Å². The first-order valence-corrected chi connectivity index (χ1v) is 7.54.